The Morgan fingerprint density at radius 2 is 2.31 bits per heavy atom. The molecule has 1 aromatic rings. The molecule has 1 rings (SSSR count). The van der Waals surface area contributed by atoms with Gasteiger partial charge in [-0.25, -0.2) is 0 Å². The summed E-state index contributed by atoms with van der Waals surface area (Å²) in [6, 6.07) is 3.29. The van der Waals surface area contributed by atoms with Crippen LogP contribution in [0.2, 0.25) is 0 Å². The lowest BCUT2D eigenvalue weighted by atomic mass is 10.3. The number of likely N-dealkylation sites (N-methyl/N-ethyl adjacent to an activating group) is 1. The number of aromatic hydroxyl groups is 1. The molecule has 0 radical (unpaired) electrons. The lowest BCUT2D eigenvalue weighted by Crippen LogP contribution is -2.35. The molecule has 2 N–H and O–H groups in total. The maximum Gasteiger partial charge on any atom is 0.236 e. The number of nitrogens with zero attached hydrogens (tertiary/aromatic N) is 2. The number of carbonyl (C=O) groups is 1. The van der Waals surface area contributed by atoms with Crippen LogP contribution in [-0.4, -0.2) is 41.0 Å². The van der Waals surface area contributed by atoms with Gasteiger partial charge in [0.05, 0.1) is 18.4 Å². The number of aromatic nitrogens is 1. The van der Waals surface area contributed by atoms with E-state index in [1.807, 2.05) is 6.92 Å². The zero-order valence-electron chi connectivity index (χ0n) is 9.60. The molecule has 1 amide bonds. The van der Waals surface area contributed by atoms with Gasteiger partial charge < -0.3 is 15.3 Å². The van der Waals surface area contributed by atoms with Gasteiger partial charge in [0.25, 0.3) is 0 Å². The molecule has 0 spiro atoms. The van der Waals surface area contributed by atoms with Crippen LogP contribution < -0.4 is 5.32 Å². The number of hydrogen-bond acceptors (Lipinski definition) is 4. The fourth-order valence-electron chi connectivity index (χ4n) is 1.13. The summed E-state index contributed by atoms with van der Waals surface area (Å²) in [6.45, 7) is 3.45. The first-order chi connectivity index (χ1) is 7.63. The Bertz CT molecular complexity index is 338. The molecule has 88 valence electrons. The third kappa shape index (κ3) is 3.86. The molecular formula is C11H17N3O2. The number of nitrogens with one attached hydrogen (secondary N) is 1. The van der Waals surface area contributed by atoms with Crippen LogP contribution >= 0.6 is 0 Å². The van der Waals surface area contributed by atoms with E-state index >= 15 is 0 Å². The van der Waals surface area contributed by atoms with Gasteiger partial charge in [-0.1, -0.05) is 0 Å². The van der Waals surface area contributed by atoms with Crippen molar-refractivity contribution in [1.29, 1.82) is 0 Å². The maximum atomic E-state index is 11.4. The standard InChI is InChI=1S/C11H17N3O2/c1-3-14(2)11(16)8-12-6-9-4-5-10(15)7-13-9/h4-5,7,12,15H,3,6,8H2,1-2H3. The van der Waals surface area contributed by atoms with Gasteiger partial charge in [0.1, 0.15) is 5.75 Å². The molecule has 0 saturated carbocycles. The molecule has 5 heteroatoms. The van der Waals surface area contributed by atoms with Gasteiger partial charge >= 0.3 is 0 Å². The third-order valence-corrected chi connectivity index (χ3v) is 2.29. The summed E-state index contributed by atoms with van der Waals surface area (Å²) in [5, 5.41) is 12.0. The van der Waals surface area contributed by atoms with Crippen molar-refractivity contribution in [3.05, 3.63) is 24.0 Å². The Morgan fingerprint density at radius 3 is 2.88 bits per heavy atom. The van der Waals surface area contributed by atoms with Crippen LogP contribution in [0.25, 0.3) is 0 Å². The van der Waals surface area contributed by atoms with Crippen molar-refractivity contribution in [2.45, 2.75) is 13.5 Å². The highest BCUT2D eigenvalue weighted by molar-refractivity contribution is 5.77. The Labute approximate surface area is 95.1 Å². The first-order valence-corrected chi connectivity index (χ1v) is 5.22. The summed E-state index contributed by atoms with van der Waals surface area (Å²) < 4.78 is 0. The van der Waals surface area contributed by atoms with Crippen molar-refractivity contribution in [2.75, 3.05) is 20.1 Å². The lowest BCUT2D eigenvalue weighted by molar-refractivity contribution is -0.128. The predicted molar refractivity (Wildman–Crippen MR) is 60.9 cm³/mol. The minimum atomic E-state index is 0.0567. The average molecular weight is 223 g/mol. The van der Waals surface area contributed by atoms with Gasteiger partial charge in [-0.15, -0.1) is 0 Å². The number of carbonyl (C=O) groups excluding carboxylic acids is 1. The monoisotopic (exact) mass is 223 g/mol. The van der Waals surface area contributed by atoms with E-state index in [1.165, 1.54) is 6.20 Å². The number of rotatable bonds is 5. The molecule has 5 nitrogen and oxygen atoms in total. The minimum absolute atomic E-state index is 0.0567. The second kappa shape index (κ2) is 6.07. The van der Waals surface area contributed by atoms with Gasteiger partial charge in [-0.05, 0) is 19.1 Å². The fourth-order valence-corrected chi connectivity index (χ4v) is 1.13. The van der Waals surface area contributed by atoms with Crippen molar-refractivity contribution in [2.24, 2.45) is 0 Å². The number of hydrogen-bond donors (Lipinski definition) is 2. The summed E-state index contributed by atoms with van der Waals surface area (Å²) in [5.74, 6) is 0.201. The van der Waals surface area contributed by atoms with E-state index in [4.69, 9.17) is 5.11 Å². The summed E-state index contributed by atoms with van der Waals surface area (Å²) in [5.41, 5.74) is 0.796. The highest BCUT2D eigenvalue weighted by atomic mass is 16.3. The van der Waals surface area contributed by atoms with Gasteiger partial charge in [0.2, 0.25) is 5.91 Å². The normalized spacial score (nSPS) is 10.1. The van der Waals surface area contributed by atoms with Crippen molar-refractivity contribution in [3.63, 3.8) is 0 Å². The Balaban J connectivity index is 2.30. The summed E-state index contributed by atoms with van der Waals surface area (Å²) in [7, 11) is 1.77. The number of amides is 1. The molecule has 0 bridgehead atoms. The molecule has 0 saturated heterocycles. The molecule has 0 aromatic carbocycles. The molecular weight excluding hydrogens is 206 g/mol. The molecule has 1 heterocycles. The second-order valence-electron chi connectivity index (χ2n) is 3.52. The van der Waals surface area contributed by atoms with Crippen LogP contribution in [0.1, 0.15) is 12.6 Å². The van der Waals surface area contributed by atoms with Crippen LogP contribution in [0.5, 0.6) is 5.75 Å². The molecule has 0 fully saturated rings. The average Bonchev–Trinajstić information content (AvgIpc) is 2.30. The van der Waals surface area contributed by atoms with Crippen molar-refractivity contribution >= 4 is 5.91 Å². The molecule has 16 heavy (non-hydrogen) atoms. The van der Waals surface area contributed by atoms with Crippen LogP contribution in [0.15, 0.2) is 18.3 Å². The maximum absolute atomic E-state index is 11.4. The molecule has 0 unspecified atom stereocenters. The van der Waals surface area contributed by atoms with Crippen LogP contribution in [0.3, 0.4) is 0 Å². The van der Waals surface area contributed by atoms with Gasteiger partial charge in [-0.3, -0.25) is 9.78 Å². The third-order valence-electron chi connectivity index (χ3n) is 2.29. The van der Waals surface area contributed by atoms with Crippen molar-refractivity contribution in [3.8, 4) is 5.75 Å². The van der Waals surface area contributed by atoms with E-state index in [1.54, 1.807) is 24.1 Å². The van der Waals surface area contributed by atoms with Crippen molar-refractivity contribution < 1.29 is 9.90 Å². The molecule has 0 atom stereocenters. The molecule has 0 aliphatic heterocycles. The van der Waals surface area contributed by atoms with Crippen molar-refractivity contribution in [1.82, 2.24) is 15.2 Å². The molecule has 0 aliphatic rings. The SMILES string of the molecule is CCN(C)C(=O)CNCc1ccc(O)cn1. The topological polar surface area (TPSA) is 65.5 Å². The van der Waals surface area contributed by atoms with Crippen LogP contribution in [0.4, 0.5) is 0 Å². The van der Waals surface area contributed by atoms with E-state index in [0.717, 1.165) is 5.69 Å². The predicted octanol–water partition coefficient (Wildman–Crippen LogP) is 0.355. The van der Waals surface area contributed by atoms with Crippen LogP contribution in [-0.2, 0) is 11.3 Å². The van der Waals surface area contributed by atoms with E-state index in [2.05, 4.69) is 10.3 Å². The number of pyridine rings is 1. The Hall–Kier alpha value is -1.62. The fraction of sp³-hybridized carbons (Fsp3) is 0.455. The summed E-state index contributed by atoms with van der Waals surface area (Å²) in [6.07, 6.45) is 1.39. The molecule has 1 aromatic heterocycles. The molecule has 0 aliphatic carbocycles. The minimum Gasteiger partial charge on any atom is -0.506 e. The zero-order chi connectivity index (χ0) is 12.0. The van der Waals surface area contributed by atoms with Crippen LogP contribution in [0, 0.1) is 0 Å². The summed E-state index contributed by atoms with van der Waals surface area (Å²) in [4.78, 5) is 17.1. The van der Waals surface area contributed by atoms with Gasteiger partial charge in [0, 0.05) is 20.1 Å². The first-order valence-electron chi connectivity index (χ1n) is 5.22. The first kappa shape index (κ1) is 12.4. The second-order valence-corrected chi connectivity index (χ2v) is 3.52. The highest BCUT2D eigenvalue weighted by Crippen LogP contribution is 2.05. The largest absolute Gasteiger partial charge is 0.506 e. The quantitative estimate of drug-likeness (QED) is 0.756. The smallest absolute Gasteiger partial charge is 0.236 e. The van der Waals surface area contributed by atoms with E-state index in [9.17, 15) is 4.79 Å². The Kier molecular flexibility index (Phi) is 4.72. The van der Waals surface area contributed by atoms with E-state index < -0.39 is 0 Å². The van der Waals surface area contributed by atoms with Gasteiger partial charge in [-0.2, -0.15) is 0 Å². The zero-order valence-corrected chi connectivity index (χ0v) is 9.60. The lowest BCUT2D eigenvalue weighted by Gasteiger charge is -2.14. The van der Waals surface area contributed by atoms with Gasteiger partial charge in [0.15, 0.2) is 0 Å². The summed E-state index contributed by atoms with van der Waals surface area (Å²) >= 11 is 0. The van der Waals surface area contributed by atoms with E-state index in [-0.39, 0.29) is 11.7 Å². The Morgan fingerprint density at radius 1 is 1.56 bits per heavy atom. The van der Waals surface area contributed by atoms with E-state index in [0.29, 0.717) is 19.6 Å². The highest BCUT2D eigenvalue weighted by Gasteiger charge is 2.05.